The maximum atomic E-state index is 6.25. The van der Waals surface area contributed by atoms with E-state index in [1.54, 1.807) is 6.07 Å². The van der Waals surface area contributed by atoms with Crippen molar-refractivity contribution in [3.8, 4) is 0 Å². The summed E-state index contributed by atoms with van der Waals surface area (Å²) in [4.78, 5) is 2.50. The predicted octanol–water partition coefficient (Wildman–Crippen LogP) is 3.55. The monoisotopic (exact) mass is 298 g/mol. The number of halogens is 2. The number of hydrogen-bond donors (Lipinski definition) is 1. The SMILES string of the molecule is NC1CCCC2CN(Cc3cc(Cl)cc(Cl)c3)CC12. The van der Waals surface area contributed by atoms with E-state index in [4.69, 9.17) is 28.9 Å². The minimum Gasteiger partial charge on any atom is -0.327 e. The lowest BCUT2D eigenvalue weighted by molar-refractivity contribution is 0.259. The van der Waals surface area contributed by atoms with Crippen molar-refractivity contribution in [3.05, 3.63) is 33.8 Å². The predicted molar refractivity (Wildman–Crippen MR) is 80.5 cm³/mol. The van der Waals surface area contributed by atoms with E-state index in [0.29, 0.717) is 12.0 Å². The molecule has 3 unspecified atom stereocenters. The number of likely N-dealkylation sites (tertiary alicyclic amines) is 1. The molecule has 3 atom stereocenters. The third-order valence-corrected chi connectivity index (χ3v) is 4.99. The summed E-state index contributed by atoms with van der Waals surface area (Å²) in [5.41, 5.74) is 7.45. The Morgan fingerprint density at radius 1 is 1.11 bits per heavy atom. The minimum absolute atomic E-state index is 0.395. The summed E-state index contributed by atoms with van der Waals surface area (Å²) in [6.45, 7) is 3.22. The van der Waals surface area contributed by atoms with E-state index in [9.17, 15) is 0 Å². The molecule has 2 aliphatic rings. The van der Waals surface area contributed by atoms with Gasteiger partial charge in [-0.15, -0.1) is 0 Å². The molecular formula is C15H20Cl2N2. The Morgan fingerprint density at radius 3 is 2.53 bits per heavy atom. The lowest BCUT2D eigenvalue weighted by Gasteiger charge is -2.29. The molecule has 0 radical (unpaired) electrons. The van der Waals surface area contributed by atoms with Crippen LogP contribution in [-0.2, 0) is 6.54 Å². The van der Waals surface area contributed by atoms with Crippen molar-refractivity contribution in [1.82, 2.24) is 4.90 Å². The molecule has 2 fully saturated rings. The number of fused-ring (bicyclic) bond motifs is 1. The molecule has 104 valence electrons. The van der Waals surface area contributed by atoms with Crippen LogP contribution in [0.25, 0.3) is 0 Å². The molecule has 1 saturated heterocycles. The molecular weight excluding hydrogens is 279 g/mol. The fraction of sp³-hybridized carbons (Fsp3) is 0.600. The van der Waals surface area contributed by atoms with Crippen molar-refractivity contribution in [2.45, 2.75) is 31.8 Å². The van der Waals surface area contributed by atoms with Gasteiger partial charge in [-0.3, -0.25) is 4.90 Å². The number of nitrogens with two attached hydrogens (primary N) is 1. The Hall–Kier alpha value is -0.280. The Labute approximate surface area is 124 Å². The molecule has 1 aliphatic heterocycles. The second kappa shape index (κ2) is 5.61. The number of rotatable bonds is 2. The third kappa shape index (κ3) is 3.08. The van der Waals surface area contributed by atoms with Gasteiger partial charge in [0.05, 0.1) is 0 Å². The van der Waals surface area contributed by atoms with Gasteiger partial charge >= 0.3 is 0 Å². The first-order valence-corrected chi connectivity index (χ1v) is 7.80. The maximum absolute atomic E-state index is 6.25. The summed E-state index contributed by atoms with van der Waals surface area (Å²) in [6.07, 6.45) is 3.82. The average molecular weight is 299 g/mol. The number of benzene rings is 1. The molecule has 1 saturated carbocycles. The second-order valence-corrected chi connectivity index (χ2v) is 6.86. The van der Waals surface area contributed by atoms with E-state index in [2.05, 4.69) is 4.90 Å². The van der Waals surface area contributed by atoms with Crippen LogP contribution in [-0.4, -0.2) is 24.0 Å². The van der Waals surface area contributed by atoms with Gasteiger partial charge in [-0.05, 0) is 48.4 Å². The van der Waals surface area contributed by atoms with E-state index in [-0.39, 0.29) is 0 Å². The minimum atomic E-state index is 0.395. The standard InChI is InChI=1S/C15H20Cl2N2/c16-12-4-10(5-13(17)6-12)7-19-8-11-2-1-3-15(18)14(11)9-19/h4-6,11,14-15H,1-3,7-9,18H2. The fourth-order valence-electron chi connectivity index (χ4n) is 3.70. The summed E-state index contributed by atoms with van der Waals surface area (Å²) in [5.74, 6) is 1.47. The summed E-state index contributed by atoms with van der Waals surface area (Å²) in [6, 6.07) is 6.20. The van der Waals surface area contributed by atoms with Crippen LogP contribution in [0.4, 0.5) is 0 Å². The van der Waals surface area contributed by atoms with Gasteiger partial charge in [-0.1, -0.05) is 29.6 Å². The van der Waals surface area contributed by atoms with Crippen LogP contribution in [0.2, 0.25) is 10.0 Å². The zero-order valence-corrected chi connectivity index (χ0v) is 12.5. The summed E-state index contributed by atoms with van der Waals surface area (Å²) >= 11 is 12.1. The highest BCUT2D eigenvalue weighted by molar-refractivity contribution is 6.34. The molecule has 1 heterocycles. The average Bonchev–Trinajstić information content (AvgIpc) is 2.71. The van der Waals surface area contributed by atoms with Crippen LogP contribution in [0.5, 0.6) is 0 Å². The summed E-state index contributed by atoms with van der Waals surface area (Å²) in [7, 11) is 0. The van der Waals surface area contributed by atoms with Crippen LogP contribution in [0.3, 0.4) is 0 Å². The quantitative estimate of drug-likeness (QED) is 0.905. The Bertz CT molecular complexity index is 443. The molecule has 1 aliphatic carbocycles. The zero-order valence-electron chi connectivity index (χ0n) is 11.0. The molecule has 4 heteroatoms. The molecule has 2 nitrogen and oxygen atoms in total. The van der Waals surface area contributed by atoms with Gasteiger partial charge in [0.1, 0.15) is 0 Å². The van der Waals surface area contributed by atoms with Gasteiger partial charge in [0.2, 0.25) is 0 Å². The molecule has 0 spiro atoms. The Balaban J connectivity index is 1.68. The molecule has 2 N–H and O–H groups in total. The van der Waals surface area contributed by atoms with Gasteiger partial charge in [0, 0.05) is 35.7 Å². The van der Waals surface area contributed by atoms with Crippen molar-refractivity contribution in [2.75, 3.05) is 13.1 Å². The Morgan fingerprint density at radius 2 is 1.84 bits per heavy atom. The number of nitrogens with zero attached hydrogens (tertiary/aromatic N) is 1. The van der Waals surface area contributed by atoms with Gasteiger partial charge in [0.15, 0.2) is 0 Å². The highest BCUT2D eigenvalue weighted by Crippen LogP contribution is 2.36. The molecule has 3 rings (SSSR count). The smallest absolute Gasteiger partial charge is 0.0424 e. The second-order valence-electron chi connectivity index (χ2n) is 5.99. The highest BCUT2D eigenvalue weighted by Gasteiger charge is 2.38. The van der Waals surface area contributed by atoms with Crippen LogP contribution in [0.15, 0.2) is 18.2 Å². The normalized spacial score (nSPS) is 31.4. The van der Waals surface area contributed by atoms with E-state index >= 15 is 0 Å². The first kappa shape index (κ1) is 13.7. The van der Waals surface area contributed by atoms with Crippen molar-refractivity contribution in [3.63, 3.8) is 0 Å². The fourth-order valence-corrected chi connectivity index (χ4v) is 4.27. The summed E-state index contributed by atoms with van der Waals surface area (Å²) < 4.78 is 0. The van der Waals surface area contributed by atoms with Gasteiger partial charge in [-0.25, -0.2) is 0 Å². The van der Waals surface area contributed by atoms with Gasteiger partial charge in [0.25, 0.3) is 0 Å². The molecule has 0 bridgehead atoms. The van der Waals surface area contributed by atoms with E-state index in [1.165, 1.54) is 31.4 Å². The van der Waals surface area contributed by atoms with E-state index < -0.39 is 0 Å². The molecule has 1 aromatic carbocycles. The van der Waals surface area contributed by atoms with Crippen LogP contribution >= 0.6 is 23.2 Å². The van der Waals surface area contributed by atoms with E-state index in [0.717, 1.165) is 29.1 Å². The summed E-state index contributed by atoms with van der Waals surface area (Å²) in [5, 5.41) is 1.44. The first-order valence-electron chi connectivity index (χ1n) is 7.05. The largest absolute Gasteiger partial charge is 0.327 e. The lowest BCUT2D eigenvalue weighted by atomic mass is 9.78. The molecule has 1 aromatic rings. The lowest BCUT2D eigenvalue weighted by Crippen LogP contribution is -2.38. The highest BCUT2D eigenvalue weighted by atomic mass is 35.5. The van der Waals surface area contributed by atoms with Crippen molar-refractivity contribution < 1.29 is 0 Å². The van der Waals surface area contributed by atoms with Crippen molar-refractivity contribution in [1.29, 1.82) is 0 Å². The third-order valence-electron chi connectivity index (χ3n) is 4.56. The van der Waals surface area contributed by atoms with Crippen LogP contribution in [0, 0.1) is 11.8 Å². The first-order chi connectivity index (χ1) is 9.11. The molecule has 19 heavy (non-hydrogen) atoms. The topological polar surface area (TPSA) is 29.3 Å². The molecule has 0 amide bonds. The number of hydrogen-bond acceptors (Lipinski definition) is 2. The van der Waals surface area contributed by atoms with Crippen LogP contribution < -0.4 is 5.73 Å². The van der Waals surface area contributed by atoms with Crippen molar-refractivity contribution >= 4 is 23.2 Å². The van der Waals surface area contributed by atoms with Gasteiger partial charge in [-0.2, -0.15) is 0 Å². The maximum Gasteiger partial charge on any atom is 0.0424 e. The van der Waals surface area contributed by atoms with Crippen molar-refractivity contribution in [2.24, 2.45) is 17.6 Å². The van der Waals surface area contributed by atoms with Crippen LogP contribution in [0.1, 0.15) is 24.8 Å². The zero-order chi connectivity index (χ0) is 13.4. The van der Waals surface area contributed by atoms with Gasteiger partial charge < -0.3 is 5.73 Å². The van der Waals surface area contributed by atoms with E-state index in [1.807, 2.05) is 12.1 Å². The Kier molecular flexibility index (Phi) is 4.04. The molecule has 0 aromatic heterocycles.